The summed E-state index contributed by atoms with van der Waals surface area (Å²) in [6, 6.07) is 40.4. The fourth-order valence-electron chi connectivity index (χ4n) is 5.70. The Kier molecular flexibility index (Phi) is 7.45. The zero-order valence-electron chi connectivity index (χ0n) is 24.0. The minimum absolute atomic E-state index is 0.0769. The minimum atomic E-state index is -0.681. The van der Waals surface area contributed by atoms with Crippen LogP contribution in [0.25, 0.3) is 43.9 Å². The molecule has 0 fully saturated rings. The first kappa shape index (κ1) is 29.1. The van der Waals surface area contributed by atoms with Crippen LogP contribution in [0, 0.1) is 0 Å². The molecule has 2 aromatic heterocycles. The molecule has 8 heteroatoms. The number of hydrogen-bond acceptors (Lipinski definition) is 7. The van der Waals surface area contributed by atoms with E-state index in [0.29, 0.717) is 48.8 Å². The molecule has 1 atom stereocenters. The molecule has 6 aromatic carbocycles. The van der Waals surface area contributed by atoms with Gasteiger partial charge in [-0.3, -0.25) is 9.59 Å². The van der Waals surface area contributed by atoms with Gasteiger partial charge in [-0.2, -0.15) is 0 Å². The molecule has 46 heavy (non-hydrogen) atoms. The second kappa shape index (κ2) is 11.8. The van der Waals surface area contributed by atoms with Crippen LogP contribution in [-0.4, -0.2) is 0 Å². The third-order valence-electron chi connectivity index (χ3n) is 7.82. The average molecular weight is 672 g/mol. The average Bonchev–Trinajstić information content (AvgIpc) is 3.09. The molecule has 0 saturated heterocycles. The molecule has 2 heterocycles. The van der Waals surface area contributed by atoms with E-state index in [0.717, 1.165) is 29.4 Å². The van der Waals surface area contributed by atoms with Crippen LogP contribution in [0.1, 0.15) is 0 Å². The molecule has 0 spiro atoms. The lowest BCUT2D eigenvalue weighted by Crippen LogP contribution is -2.12. The van der Waals surface area contributed by atoms with Gasteiger partial charge in [-0.05, 0) is 84.9 Å². The highest BCUT2D eigenvalue weighted by molar-refractivity contribution is 8.00. The van der Waals surface area contributed by atoms with Crippen LogP contribution in [0.15, 0.2) is 180 Å². The van der Waals surface area contributed by atoms with E-state index < -0.39 is 10.9 Å². The van der Waals surface area contributed by atoms with E-state index in [4.69, 9.17) is 34.1 Å². The first-order chi connectivity index (χ1) is 22.5. The van der Waals surface area contributed by atoms with Gasteiger partial charge in [0.2, 0.25) is 10.9 Å². The Morgan fingerprint density at radius 2 is 1.02 bits per heavy atom. The number of rotatable bonds is 5. The maximum absolute atomic E-state index is 14.0. The summed E-state index contributed by atoms with van der Waals surface area (Å²) in [4.78, 5) is 33.6. The van der Waals surface area contributed by atoms with E-state index in [1.165, 1.54) is 11.8 Å². The van der Waals surface area contributed by atoms with E-state index in [1.54, 1.807) is 24.3 Å². The number of benzene rings is 6. The van der Waals surface area contributed by atoms with Gasteiger partial charge in [0, 0.05) is 14.7 Å². The normalized spacial score (nSPS) is 12.3. The topological polar surface area (TPSA) is 60.4 Å². The van der Waals surface area contributed by atoms with Gasteiger partial charge in [-0.15, -0.1) is 25.3 Å². The first-order valence-electron chi connectivity index (χ1n) is 14.4. The summed E-state index contributed by atoms with van der Waals surface area (Å²) in [5, 5.41) is 2.12. The predicted octanol–water partition coefficient (Wildman–Crippen LogP) is 10.0. The maximum Gasteiger partial charge on any atom is 0.205 e. The van der Waals surface area contributed by atoms with E-state index in [1.807, 2.05) is 78.9 Å². The molecule has 8 aromatic rings. The molecule has 0 aliphatic carbocycles. The van der Waals surface area contributed by atoms with Crippen molar-refractivity contribution in [2.45, 2.75) is 34.3 Å². The molecule has 222 valence electrons. The van der Waals surface area contributed by atoms with Crippen LogP contribution in [0.5, 0.6) is 0 Å². The molecule has 1 unspecified atom stereocenters. The van der Waals surface area contributed by atoms with Gasteiger partial charge in [0.25, 0.3) is 0 Å². The van der Waals surface area contributed by atoms with Crippen molar-refractivity contribution in [3.05, 3.63) is 148 Å². The van der Waals surface area contributed by atoms with Crippen molar-refractivity contribution in [3.63, 3.8) is 0 Å². The SMILES string of the molecule is O=c1c2ccccc2oc2ccc(S)c(Sc3ccc([S+](c4ccccc4)c4c(S)ccc5oc6ccccc6c(=O)c45)cc3)c12. The molecule has 0 amide bonds. The van der Waals surface area contributed by atoms with Crippen molar-refractivity contribution in [2.24, 2.45) is 0 Å². The van der Waals surface area contributed by atoms with E-state index in [9.17, 15) is 9.59 Å². The molecule has 4 nitrogen and oxygen atoms in total. The lowest BCUT2D eigenvalue weighted by molar-refractivity contribution is 0.658. The van der Waals surface area contributed by atoms with Crippen molar-refractivity contribution in [3.8, 4) is 0 Å². The van der Waals surface area contributed by atoms with Crippen LogP contribution in [-0.2, 0) is 10.9 Å². The van der Waals surface area contributed by atoms with E-state index in [-0.39, 0.29) is 10.9 Å². The largest absolute Gasteiger partial charge is 0.456 e. The van der Waals surface area contributed by atoms with E-state index >= 15 is 0 Å². The fraction of sp³-hybridized carbons (Fsp3) is 0. The highest BCUT2D eigenvalue weighted by Gasteiger charge is 2.35. The van der Waals surface area contributed by atoms with Crippen molar-refractivity contribution in [1.29, 1.82) is 0 Å². The van der Waals surface area contributed by atoms with Gasteiger partial charge in [0.05, 0.1) is 21.1 Å². The second-order valence-electron chi connectivity index (χ2n) is 10.6. The zero-order chi connectivity index (χ0) is 31.4. The van der Waals surface area contributed by atoms with Crippen LogP contribution < -0.4 is 10.9 Å². The Hall–Kier alpha value is -4.34. The Balaban J connectivity index is 1.27. The molecule has 8 rings (SSSR count). The standard InChI is InChI=1S/C38H22O4S4/c39-35-25-10-4-6-12-27(25)41-29-18-20-31(43)37(33(29)35)45-22-14-16-24(17-15-22)46(23-8-2-1-3-9-23)38-32(44)21-19-30-34(38)36(40)26-11-5-7-13-28(26)42-30/h1-21H,(H-,43,44)/p+1. The Morgan fingerprint density at radius 3 is 1.67 bits per heavy atom. The summed E-state index contributed by atoms with van der Waals surface area (Å²) in [5.41, 5.74) is 2.00. The summed E-state index contributed by atoms with van der Waals surface area (Å²) in [6.45, 7) is 0. The third kappa shape index (κ3) is 4.93. The molecule has 0 aliphatic heterocycles. The predicted molar refractivity (Wildman–Crippen MR) is 194 cm³/mol. The Labute approximate surface area is 281 Å². The Bertz CT molecular complexity index is 2580. The molecular weight excluding hydrogens is 649 g/mol. The number of para-hydroxylation sites is 2. The summed E-state index contributed by atoms with van der Waals surface area (Å²) in [7, 11) is -0.681. The van der Waals surface area contributed by atoms with E-state index in [2.05, 4.69) is 24.3 Å². The minimum Gasteiger partial charge on any atom is -0.456 e. The summed E-state index contributed by atoms with van der Waals surface area (Å²) in [5.74, 6) is 0. The van der Waals surface area contributed by atoms with Gasteiger partial charge in [-0.1, -0.05) is 54.2 Å². The highest BCUT2D eigenvalue weighted by Crippen LogP contribution is 2.41. The van der Waals surface area contributed by atoms with Gasteiger partial charge in [0.15, 0.2) is 14.7 Å². The monoisotopic (exact) mass is 671 g/mol. The number of hydrogen-bond donors (Lipinski definition) is 2. The Morgan fingerprint density at radius 1 is 0.500 bits per heavy atom. The van der Waals surface area contributed by atoms with Crippen molar-refractivity contribution < 1.29 is 8.83 Å². The van der Waals surface area contributed by atoms with Crippen LogP contribution in [0.3, 0.4) is 0 Å². The second-order valence-corrected chi connectivity index (χ2v) is 14.6. The summed E-state index contributed by atoms with van der Waals surface area (Å²) in [6.07, 6.45) is 0. The van der Waals surface area contributed by atoms with Crippen molar-refractivity contribution in [2.75, 3.05) is 0 Å². The van der Waals surface area contributed by atoms with Crippen LogP contribution in [0.4, 0.5) is 0 Å². The maximum atomic E-state index is 14.0. The molecule has 0 radical (unpaired) electrons. The molecule has 0 N–H and O–H groups in total. The van der Waals surface area contributed by atoms with Crippen molar-refractivity contribution >= 4 is 91.8 Å². The summed E-state index contributed by atoms with van der Waals surface area (Å²) < 4.78 is 12.3. The lowest BCUT2D eigenvalue weighted by atomic mass is 10.1. The van der Waals surface area contributed by atoms with Gasteiger partial charge in [0.1, 0.15) is 38.6 Å². The lowest BCUT2D eigenvalue weighted by Gasteiger charge is -2.13. The quantitative estimate of drug-likeness (QED) is 0.108. The van der Waals surface area contributed by atoms with Crippen LogP contribution in [0.2, 0.25) is 0 Å². The molecule has 0 aliphatic rings. The smallest absolute Gasteiger partial charge is 0.205 e. The van der Waals surface area contributed by atoms with Gasteiger partial charge >= 0.3 is 0 Å². The van der Waals surface area contributed by atoms with Crippen LogP contribution >= 0.6 is 37.0 Å². The van der Waals surface area contributed by atoms with Crippen molar-refractivity contribution in [1.82, 2.24) is 0 Å². The number of fused-ring (bicyclic) bond motifs is 4. The highest BCUT2D eigenvalue weighted by atomic mass is 32.2. The molecule has 0 saturated carbocycles. The first-order valence-corrected chi connectivity index (χ1v) is 17.3. The fourth-order valence-corrected chi connectivity index (χ4v) is 9.71. The molecule has 0 bridgehead atoms. The zero-order valence-corrected chi connectivity index (χ0v) is 27.4. The van der Waals surface area contributed by atoms with Gasteiger partial charge in [-0.25, -0.2) is 0 Å². The summed E-state index contributed by atoms with van der Waals surface area (Å²) >= 11 is 11.1. The molecular formula is C38H23O4S4+. The van der Waals surface area contributed by atoms with Gasteiger partial charge < -0.3 is 8.83 Å². The third-order valence-corrected chi connectivity index (χ3v) is 12.3. The number of thiol groups is 2.